The third-order valence-electron chi connectivity index (χ3n) is 5.25. The van der Waals surface area contributed by atoms with Gasteiger partial charge in [0.05, 0.1) is 31.9 Å². The maximum atomic E-state index is 15.1. The van der Waals surface area contributed by atoms with Crippen LogP contribution in [0.2, 0.25) is 0 Å². The Morgan fingerprint density at radius 3 is 2.36 bits per heavy atom. The first-order chi connectivity index (χ1) is 19.0. The lowest BCUT2D eigenvalue weighted by Crippen LogP contribution is -2.24. The summed E-state index contributed by atoms with van der Waals surface area (Å²) in [6.07, 6.45) is 0. The van der Waals surface area contributed by atoms with Crippen molar-refractivity contribution in [3.8, 4) is 11.5 Å². The average molecular weight is 540 g/mol. The number of aliphatic hydroxyl groups excluding tert-OH is 1. The van der Waals surface area contributed by atoms with Crippen LogP contribution in [0, 0.1) is 5.82 Å². The molecule has 1 atom stereocenters. The molecule has 0 aliphatic heterocycles. The van der Waals surface area contributed by atoms with E-state index in [1.807, 2.05) is 0 Å². The second-order valence-corrected chi connectivity index (χ2v) is 7.98. The van der Waals surface area contributed by atoms with Crippen LogP contribution in [0.25, 0.3) is 0 Å². The standard InChI is InChI=1S/C28H30FN3O7/c1-3-36-24-16-22(23(29)17-25(24)38-15-14-33)26(28(35)37-4-2)31-21-12-10-19(11-13-21)18-30-32-39-27(34)20-8-6-5-7-9-20/h5-13,16-17,26,31,33H,3-4,14-15,18H2,1-2H3/t26-/m1/s1. The Hall–Kier alpha value is -4.51. The van der Waals surface area contributed by atoms with Gasteiger partial charge in [0.1, 0.15) is 12.4 Å². The van der Waals surface area contributed by atoms with E-state index in [0.29, 0.717) is 11.3 Å². The predicted molar refractivity (Wildman–Crippen MR) is 140 cm³/mol. The molecule has 0 aromatic heterocycles. The van der Waals surface area contributed by atoms with E-state index in [4.69, 9.17) is 24.2 Å². The maximum Gasteiger partial charge on any atom is 0.367 e. The molecule has 0 radical (unpaired) electrons. The highest BCUT2D eigenvalue weighted by Crippen LogP contribution is 2.35. The third kappa shape index (κ3) is 8.50. The molecule has 0 amide bonds. The number of hydrogen-bond donors (Lipinski definition) is 2. The van der Waals surface area contributed by atoms with Gasteiger partial charge in [-0.25, -0.2) is 14.0 Å². The first-order valence-electron chi connectivity index (χ1n) is 12.3. The van der Waals surface area contributed by atoms with Gasteiger partial charge in [-0.15, -0.1) is 5.11 Å². The molecule has 2 N–H and O–H groups in total. The number of benzene rings is 3. The van der Waals surface area contributed by atoms with Crippen molar-refractivity contribution in [2.45, 2.75) is 26.4 Å². The van der Waals surface area contributed by atoms with Gasteiger partial charge in [-0.2, -0.15) is 0 Å². The minimum Gasteiger partial charge on any atom is -0.490 e. The number of carbonyl (C=O) groups is 2. The molecule has 0 unspecified atom stereocenters. The van der Waals surface area contributed by atoms with Gasteiger partial charge in [-0.1, -0.05) is 30.3 Å². The second kappa shape index (κ2) is 15.0. The first kappa shape index (κ1) is 29.1. The van der Waals surface area contributed by atoms with Gasteiger partial charge in [-0.05, 0) is 49.7 Å². The summed E-state index contributed by atoms with van der Waals surface area (Å²) < 4.78 is 31.3. The van der Waals surface area contributed by atoms with Crippen LogP contribution in [0.3, 0.4) is 0 Å². The van der Waals surface area contributed by atoms with E-state index in [1.54, 1.807) is 68.4 Å². The molecule has 11 heteroatoms. The minimum absolute atomic E-state index is 0.00589. The lowest BCUT2D eigenvalue weighted by molar-refractivity contribution is -0.144. The Kier molecular flexibility index (Phi) is 11.2. The van der Waals surface area contributed by atoms with Crippen LogP contribution >= 0.6 is 0 Å². The predicted octanol–water partition coefficient (Wildman–Crippen LogP) is 5.04. The van der Waals surface area contributed by atoms with Crippen LogP contribution < -0.4 is 14.8 Å². The van der Waals surface area contributed by atoms with E-state index in [0.717, 1.165) is 11.6 Å². The number of nitrogens with one attached hydrogen (secondary N) is 1. The largest absolute Gasteiger partial charge is 0.490 e. The molecular formula is C28H30FN3O7. The molecule has 0 heterocycles. The van der Waals surface area contributed by atoms with E-state index in [9.17, 15) is 9.59 Å². The lowest BCUT2D eigenvalue weighted by Gasteiger charge is -2.21. The summed E-state index contributed by atoms with van der Waals surface area (Å²) in [5.41, 5.74) is 1.64. The fourth-order valence-corrected chi connectivity index (χ4v) is 3.47. The molecule has 0 aliphatic rings. The molecule has 0 saturated heterocycles. The van der Waals surface area contributed by atoms with E-state index in [-0.39, 0.29) is 50.0 Å². The van der Waals surface area contributed by atoms with Crippen LogP contribution in [0.5, 0.6) is 11.5 Å². The van der Waals surface area contributed by atoms with Gasteiger partial charge in [0.2, 0.25) is 0 Å². The monoisotopic (exact) mass is 539 g/mol. The Labute approximate surface area is 225 Å². The number of anilines is 1. The van der Waals surface area contributed by atoms with Crippen molar-refractivity contribution in [1.82, 2.24) is 0 Å². The molecule has 0 aliphatic carbocycles. The number of carbonyl (C=O) groups excluding carboxylic acids is 2. The van der Waals surface area contributed by atoms with E-state index < -0.39 is 23.8 Å². The summed E-state index contributed by atoms with van der Waals surface area (Å²) in [5, 5.41) is 19.4. The zero-order valence-electron chi connectivity index (χ0n) is 21.6. The molecule has 3 aromatic carbocycles. The Bertz CT molecular complexity index is 1250. The molecular weight excluding hydrogens is 509 g/mol. The van der Waals surface area contributed by atoms with Crippen LogP contribution in [0.15, 0.2) is 77.1 Å². The number of rotatable bonds is 14. The fraction of sp³-hybridized carbons (Fsp3) is 0.286. The van der Waals surface area contributed by atoms with Crippen molar-refractivity contribution in [2.75, 3.05) is 31.7 Å². The summed E-state index contributed by atoms with van der Waals surface area (Å²) in [7, 11) is 0. The smallest absolute Gasteiger partial charge is 0.367 e. The minimum atomic E-state index is -1.18. The number of nitrogens with zero attached hydrogens (tertiary/aromatic N) is 2. The molecule has 3 rings (SSSR count). The lowest BCUT2D eigenvalue weighted by atomic mass is 10.0. The van der Waals surface area contributed by atoms with Crippen LogP contribution in [-0.4, -0.2) is 43.5 Å². The summed E-state index contributed by atoms with van der Waals surface area (Å²) >= 11 is 0. The average Bonchev–Trinajstić information content (AvgIpc) is 2.95. The fourth-order valence-electron chi connectivity index (χ4n) is 3.47. The van der Waals surface area contributed by atoms with Crippen LogP contribution in [0.1, 0.15) is 41.4 Å². The Morgan fingerprint density at radius 2 is 1.69 bits per heavy atom. The molecule has 0 bridgehead atoms. The van der Waals surface area contributed by atoms with Crippen molar-refractivity contribution >= 4 is 17.6 Å². The zero-order valence-corrected chi connectivity index (χ0v) is 21.6. The van der Waals surface area contributed by atoms with Crippen molar-refractivity contribution in [3.05, 3.63) is 89.2 Å². The van der Waals surface area contributed by atoms with Gasteiger partial charge < -0.3 is 24.6 Å². The van der Waals surface area contributed by atoms with Gasteiger partial charge in [0.15, 0.2) is 17.5 Å². The summed E-state index contributed by atoms with van der Waals surface area (Å²) in [4.78, 5) is 29.5. The highest BCUT2D eigenvalue weighted by atomic mass is 19.1. The molecule has 0 spiro atoms. The molecule has 206 valence electrons. The summed E-state index contributed by atoms with van der Waals surface area (Å²) in [5.74, 6) is -1.66. The van der Waals surface area contributed by atoms with Gasteiger partial charge in [0.25, 0.3) is 0 Å². The highest BCUT2D eigenvalue weighted by Gasteiger charge is 2.27. The Morgan fingerprint density at radius 1 is 0.974 bits per heavy atom. The summed E-state index contributed by atoms with van der Waals surface area (Å²) in [6.45, 7) is 3.65. The van der Waals surface area contributed by atoms with Crippen LogP contribution in [0.4, 0.5) is 10.1 Å². The van der Waals surface area contributed by atoms with E-state index >= 15 is 4.39 Å². The van der Waals surface area contributed by atoms with Crippen molar-refractivity contribution in [2.24, 2.45) is 10.4 Å². The van der Waals surface area contributed by atoms with Gasteiger partial charge >= 0.3 is 11.9 Å². The second-order valence-electron chi connectivity index (χ2n) is 7.98. The SMILES string of the molecule is CCOC(=O)[C@H](Nc1ccc(CN=NOC(=O)c2ccccc2)cc1)c1cc(OCC)c(OCCO)cc1F. The zero-order chi connectivity index (χ0) is 28.0. The normalized spacial score (nSPS) is 11.6. The number of aliphatic hydroxyl groups is 1. The van der Waals surface area contributed by atoms with Crippen molar-refractivity contribution < 1.29 is 38.1 Å². The molecule has 10 nitrogen and oxygen atoms in total. The number of esters is 1. The number of halogens is 1. The quantitative estimate of drug-likeness (QED) is 0.166. The molecule has 0 fully saturated rings. The first-order valence-corrected chi connectivity index (χ1v) is 12.3. The van der Waals surface area contributed by atoms with E-state index in [2.05, 4.69) is 15.7 Å². The van der Waals surface area contributed by atoms with Gasteiger partial charge in [0, 0.05) is 22.6 Å². The van der Waals surface area contributed by atoms with Crippen molar-refractivity contribution in [1.29, 1.82) is 0 Å². The third-order valence-corrected chi connectivity index (χ3v) is 5.25. The maximum absolute atomic E-state index is 15.1. The number of hydrogen-bond acceptors (Lipinski definition) is 10. The highest BCUT2D eigenvalue weighted by molar-refractivity contribution is 5.89. The van der Waals surface area contributed by atoms with Crippen LogP contribution in [-0.2, 0) is 20.9 Å². The molecule has 39 heavy (non-hydrogen) atoms. The van der Waals surface area contributed by atoms with E-state index in [1.165, 1.54) is 6.07 Å². The molecule has 0 saturated carbocycles. The topological polar surface area (TPSA) is 128 Å². The molecule has 3 aromatic rings. The number of ether oxygens (including phenoxy) is 3. The summed E-state index contributed by atoms with van der Waals surface area (Å²) in [6, 6.07) is 16.6. The Balaban J connectivity index is 1.72. The van der Waals surface area contributed by atoms with Gasteiger partial charge in [-0.3, -0.25) is 4.84 Å². The van der Waals surface area contributed by atoms with Crippen molar-refractivity contribution in [3.63, 3.8) is 0 Å².